The summed E-state index contributed by atoms with van der Waals surface area (Å²) in [7, 11) is 0. The number of hydrogen-bond donors (Lipinski definition) is 2. The first-order valence-corrected chi connectivity index (χ1v) is 10.1. The number of aromatic nitrogens is 2. The van der Waals surface area contributed by atoms with Gasteiger partial charge in [-0.05, 0) is 43.9 Å². The quantitative estimate of drug-likeness (QED) is 0.848. The molecule has 142 valence electrons. The molecule has 26 heavy (non-hydrogen) atoms. The number of amides is 2. The fraction of sp³-hybridized carbons (Fsp3) is 0.750. The summed E-state index contributed by atoms with van der Waals surface area (Å²) in [5.41, 5.74) is 1.89. The van der Waals surface area contributed by atoms with Crippen molar-refractivity contribution in [3.05, 3.63) is 17.5 Å². The minimum atomic E-state index is -0.0547. The van der Waals surface area contributed by atoms with Crippen LogP contribution in [0, 0.1) is 23.2 Å². The van der Waals surface area contributed by atoms with E-state index in [1.165, 1.54) is 12.8 Å². The van der Waals surface area contributed by atoms with Gasteiger partial charge in [-0.1, -0.05) is 20.3 Å². The Labute approximate surface area is 155 Å². The average molecular weight is 358 g/mol. The van der Waals surface area contributed by atoms with Crippen molar-refractivity contribution < 1.29 is 9.59 Å². The lowest BCUT2D eigenvalue weighted by Gasteiger charge is -2.59. The Kier molecular flexibility index (Phi) is 4.53. The maximum Gasteiger partial charge on any atom is 0.269 e. The van der Waals surface area contributed by atoms with Crippen LogP contribution in [0.1, 0.15) is 62.0 Å². The Hall–Kier alpha value is -1.85. The number of aromatic amines is 1. The molecule has 2 unspecified atom stereocenters. The molecule has 2 saturated carbocycles. The fourth-order valence-corrected chi connectivity index (χ4v) is 5.33. The first-order chi connectivity index (χ1) is 12.5. The molecule has 0 aromatic carbocycles. The Morgan fingerprint density at radius 1 is 1.35 bits per heavy atom. The lowest BCUT2D eigenvalue weighted by atomic mass is 9.57. The highest BCUT2D eigenvalue weighted by molar-refractivity contribution is 5.93. The maximum atomic E-state index is 12.6. The van der Waals surface area contributed by atoms with Crippen LogP contribution >= 0.6 is 0 Å². The molecule has 6 nitrogen and oxygen atoms in total. The van der Waals surface area contributed by atoms with Crippen LogP contribution in [0.15, 0.2) is 6.20 Å². The summed E-state index contributed by atoms with van der Waals surface area (Å²) in [6, 6.07) is 0. The van der Waals surface area contributed by atoms with Crippen LogP contribution < -0.4 is 5.32 Å². The van der Waals surface area contributed by atoms with Crippen LogP contribution in [0.5, 0.6) is 0 Å². The summed E-state index contributed by atoms with van der Waals surface area (Å²) in [6.07, 6.45) is 8.25. The van der Waals surface area contributed by atoms with Crippen molar-refractivity contribution in [1.29, 1.82) is 0 Å². The summed E-state index contributed by atoms with van der Waals surface area (Å²) in [5, 5.41) is 9.80. The van der Waals surface area contributed by atoms with Gasteiger partial charge in [0.25, 0.3) is 5.91 Å². The van der Waals surface area contributed by atoms with Crippen molar-refractivity contribution in [2.45, 2.75) is 52.4 Å². The molecular weight excluding hydrogens is 328 g/mol. The third kappa shape index (κ3) is 3.03. The van der Waals surface area contributed by atoms with E-state index in [1.54, 1.807) is 6.20 Å². The SMILES string of the molecule is CCc1cn[nH]c1C(=O)NCC1CC2(C1)CN(C(=O)C1CCCC1C)C2. The zero-order chi connectivity index (χ0) is 18.3. The topological polar surface area (TPSA) is 78.1 Å². The molecule has 2 heterocycles. The van der Waals surface area contributed by atoms with E-state index in [9.17, 15) is 9.59 Å². The number of aryl methyl sites for hydroxylation is 1. The minimum Gasteiger partial charge on any atom is -0.350 e. The summed E-state index contributed by atoms with van der Waals surface area (Å²) >= 11 is 0. The van der Waals surface area contributed by atoms with Gasteiger partial charge >= 0.3 is 0 Å². The zero-order valence-electron chi connectivity index (χ0n) is 15.9. The number of carbonyl (C=O) groups is 2. The molecular formula is C20H30N4O2. The molecule has 3 aliphatic rings. The second-order valence-electron chi connectivity index (χ2n) is 8.82. The predicted octanol–water partition coefficient (Wildman–Crippen LogP) is 2.38. The van der Waals surface area contributed by atoms with E-state index in [2.05, 4.69) is 27.3 Å². The molecule has 2 N–H and O–H groups in total. The summed E-state index contributed by atoms with van der Waals surface area (Å²) in [5.74, 6) is 1.70. The Bertz CT molecular complexity index is 684. The van der Waals surface area contributed by atoms with Crippen LogP contribution in [-0.2, 0) is 11.2 Å². The molecule has 1 saturated heterocycles. The predicted molar refractivity (Wildman–Crippen MR) is 98.5 cm³/mol. The van der Waals surface area contributed by atoms with Gasteiger partial charge in [-0.3, -0.25) is 14.7 Å². The van der Waals surface area contributed by atoms with Gasteiger partial charge in [0, 0.05) is 36.5 Å². The highest BCUT2D eigenvalue weighted by Gasteiger charge is 2.54. The monoisotopic (exact) mass is 358 g/mol. The number of rotatable bonds is 5. The lowest BCUT2D eigenvalue weighted by Crippen LogP contribution is -2.65. The third-order valence-corrected chi connectivity index (χ3v) is 6.86. The Morgan fingerprint density at radius 3 is 2.77 bits per heavy atom. The zero-order valence-corrected chi connectivity index (χ0v) is 15.9. The van der Waals surface area contributed by atoms with E-state index in [-0.39, 0.29) is 11.8 Å². The summed E-state index contributed by atoms with van der Waals surface area (Å²) in [4.78, 5) is 27.0. The van der Waals surface area contributed by atoms with Crippen molar-refractivity contribution in [3.63, 3.8) is 0 Å². The van der Waals surface area contributed by atoms with Gasteiger partial charge < -0.3 is 10.2 Å². The number of carbonyl (C=O) groups excluding carboxylic acids is 2. The number of nitrogens with zero attached hydrogens (tertiary/aromatic N) is 2. The van der Waals surface area contributed by atoms with Gasteiger partial charge in [-0.15, -0.1) is 0 Å². The first kappa shape index (κ1) is 17.6. The van der Waals surface area contributed by atoms with Crippen molar-refractivity contribution in [2.75, 3.05) is 19.6 Å². The standard InChI is InChI=1S/C20H30N4O2/c1-3-15-10-22-23-17(15)18(25)21-9-14-7-20(8-14)11-24(12-20)19(26)16-6-4-5-13(16)2/h10,13-14,16H,3-9,11-12H2,1-2H3,(H,21,25)(H,22,23). The molecule has 1 aromatic rings. The smallest absolute Gasteiger partial charge is 0.269 e. The molecule has 2 atom stereocenters. The van der Waals surface area contributed by atoms with Gasteiger partial charge in [-0.2, -0.15) is 5.10 Å². The van der Waals surface area contributed by atoms with Crippen LogP contribution in [0.2, 0.25) is 0 Å². The van der Waals surface area contributed by atoms with Crippen LogP contribution in [0.4, 0.5) is 0 Å². The number of hydrogen-bond acceptors (Lipinski definition) is 3. The molecule has 0 radical (unpaired) electrons. The number of likely N-dealkylation sites (tertiary alicyclic amines) is 1. The molecule has 4 rings (SSSR count). The maximum absolute atomic E-state index is 12.6. The first-order valence-electron chi connectivity index (χ1n) is 10.1. The molecule has 0 bridgehead atoms. The summed E-state index contributed by atoms with van der Waals surface area (Å²) in [6.45, 7) is 6.82. The number of nitrogens with one attached hydrogen (secondary N) is 2. The van der Waals surface area contributed by atoms with Crippen molar-refractivity contribution >= 4 is 11.8 Å². The van der Waals surface area contributed by atoms with E-state index >= 15 is 0 Å². The van der Waals surface area contributed by atoms with E-state index in [1.807, 2.05) is 6.92 Å². The van der Waals surface area contributed by atoms with Crippen molar-refractivity contribution in [1.82, 2.24) is 20.4 Å². The van der Waals surface area contributed by atoms with E-state index in [0.29, 0.717) is 28.9 Å². The van der Waals surface area contributed by atoms with Crippen LogP contribution in [-0.4, -0.2) is 46.5 Å². The second kappa shape index (κ2) is 6.71. The third-order valence-electron chi connectivity index (χ3n) is 6.86. The molecule has 2 amide bonds. The van der Waals surface area contributed by atoms with Crippen LogP contribution in [0.3, 0.4) is 0 Å². The molecule has 6 heteroatoms. The molecule has 1 aliphatic heterocycles. The lowest BCUT2D eigenvalue weighted by molar-refractivity contribution is -0.160. The van der Waals surface area contributed by atoms with Gasteiger partial charge in [0.1, 0.15) is 5.69 Å². The van der Waals surface area contributed by atoms with Gasteiger partial charge in [0.05, 0.1) is 6.20 Å². The van der Waals surface area contributed by atoms with Crippen molar-refractivity contribution in [2.24, 2.45) is 23.2 Å². The van der Waals surface area contributed by atoms with Crippen molar-refractivity contribution in [3.8, 4) is 0 Å². The van der Waals surface area contributed by atoms with E-state index in [0.717, 1.165) is 50.9 Å². The highest BCUT2D eigenvalue weighted by atomic mass is 16.2. The second-order valence-corrected chi connectivity index (χ2v) is 8.82. The molecule has 1 aromatic heterocycles. The fourth-order valence-electron chi connectivity index (χ4n) is 5.33. The largest absolute Gasteiger partial charge is 0.350 e. The molecule has 3 fully saturated rings. The average Bonchev–Trinajstić information content (AvgIpc) is 3.19. The van der Waals surface area contributed by atoms with Gasteiger partial charge in [-0.25, -0.2) is 0 Å². The molecule has 1 spiro atoms. The molecule has 2 aliphatic carbocycles. The van der Waals surface area contributed by atoms with E-state index < -0.39 is 0 Å². The van der Waals surface area contributed by atoms with Gasteiger partial charge in [0.15, 0.2) is 0 Å². The summed E-state index contributed by atoms with van der Waals surface area (Å²) < 4.78 is 0. The Morgan fingerprint density at radius 2 is 2.12 bits per heavy atom. The highest BCUT2D eigenvalue weighted by Crippen LogP contribution is 2.52. The Balaban J connectivity index is 1.20. The van der Waals surface area contributed by atoms with E-state index in [4.69, 9.17) is 0 Å². The van der Waals surface area contributed by atoms with Crippen LogP contribution in [0.25, 0.3) is 0 Å². The number of H-pyrrole nitrogens is 1. The normalized spacial score (nSPS) is 27.2. The minimum absolute atomic E-state index is 0.0547. The van der Waals surface area contributed by atoms with Gasteiger partial charge in [0.2, 0.25) is 5.91 Å².